The molecule has 146 valence electrons. The number of nitrogens with one attached hydrogen (secondary N) is 1. The zero-order valence-electron chi connectivity index (χ0n) is 15.8. The van der Waals surface area contributed by atoms with Crippen LogP contribution in [-0.4, -0.2) is 17.9 Å². The summed E-state index contributed by atoms with van der Waals surface area (Å²) in [6, 6.07) is 22.3. The molecule has 0 saturated heterocycles. The van der Waals surface area contributed by atoms with Gasteiger partial charge in [-0.3, -0.25) is 9.59 Å². The number of carbonyl (C=O) groups excluding carboxylic acids is 2. The minimum atomic E-state index is -0.594. The summed E-state index contributed by atoms with van der Waals surface area (Å²) in [7, 11) is 0. The van der Waals surface area contributed by atoms with Crippen LogP contribution in [0.15, 0.2) is 77.3 Å². The minimum Gasteiger partial charge on any atom is -0.479 e. The van der Waals surface area contributed by atoms with Crippen molar-refractivity contribution in [2.24, 2.45) is 0 Å². The second kappa shape index (κ2) is 8.09. The smallest absolute Gasteiger partial charge is 0.268 e. The van der Waals surface area contributed by atoms with Crippen molar-refractivity contribution in [2.45, 2.75) is 19.6 Å². The van der Waals surface area contributed by atoms with E-state index >= 15 is 0 Å². The van der Waals surface area contributed by atoms with Crippen LogP contribution in [-0.2, 0) is 11.3 Å². The molecular formula is C23H19BrN2O3. The Morgan fingerprint density at radius 3 is 2.52 bits per heavy atom. The van der Waals surface area contributed by atoms with Crippen molar-refractivity contribution in [1.29, 1.82) is 0 Å². The summed E-state index contributed by atoms with van der Waals surface area (Å²) in [6.45, 7) is 2.20. The highest BCUT2D eigenvalue weighted by atomic mass is 79.9. The van der Waals surface area contributed by atoms with E-state index in [-0.39, 0.29) is 11.8 Å². The Hall–Kier alpha value is -3.12. The standard InChI is InChI=1S/C23H19BrN2O3/c1-15-23(28)26(14-16-5-3-2-4-6-16)20-12-11-19(13-21(20)29-15)25-22(27)17-7-9-18(24)10-8-17/h2-13,15H,14H2,1H3,(H,25,27). The Labute approximate surface area is 177 Å². The Balaban J connectivity index is 1.58. The number of hydrogen-bond acceptors (Lipinski definition) is 3. The van der Waals surface area contributed by atoms with Gasteiger partial charge in [0.05, 0.1) is 12.2 Å². The van der Waals surface area contributed by atoms with Crippen molar-refractivity contribution < 1.29 is 14.3 Å². The molecule has 0 radical (unpaired) electrons. The molecular weight excluding hydrogens is 432 g/mol. The van der Waals surface area contributed by atoms with Gasteiger partial charge in [0, 0.05) is 21.8 Å². The third-order valence-corrected chi connectivity index (χ3v) is 5.24. The van der Waals surface area contributed by atoms with Crippen molar-refractivity contribution in [3.63, 3.8) is 0 Å². The third kappa shape index (κ3) is 4.17. The third-order valence-electron chi connectivity index (χ3n) is 4.72. The van der Waals surface area contributed by atoms with Gasteiger partial charge in [0.1, 0.15) is 5.75 Å². The first-order chi connectivity index (χ1) is 14.0. The molecule has 3 aromatic rings. The van der Waals surface area contributed by atoms with E-state index in [0.29, 0.717) is 29.2 Å². The first-order valence-electron chi connectivity index (χ1n) is 9.24. The zero-order valence-corrected chi connectivity index (χ0v) is 17.3. The molecule has 0 saturated carbocycles. The SMILES string of the molecule is CC1Oc2cc(NC(=O)c3ccc(Br)cc3)ccc2N(Cc2ccccc2)C1=O. The molecule has 1 aliphatic heterocycles. The number of anilines is 2. The van der Waals surface area contributed by atoms with Gasteiger partial charge >= 0.3 is 0 Å². The lowest BCUT2D eigenvalue weighted by Gasteiger charge is -2.33. The van der Waals surface area contributed by atoms with Gasteiger partial charge in [0.25, 0.3) is 11.8 Å². The Morgan fingerprint density at radius 1 is 1.07 bits per heavy atom. The molecule has 29 heavy (non-hydrogen) atoms. The number of rotatable bonds is 4. The topological polar surface area (TPSA) is 58.6 Å². The van der Waals surface area contributed by atoms with Crippen LogP contribution >= 0.6 is 15.9 Å². The van der Waals surface area contributed by atoms with Crippen LogP contribution in [0.5, 0.6) is 5.75 Å². The Bertz CT molecular complexity index is 1050. The Morgan fingerprint density at radius 2 is 1.79 bits per heavy atom. The van der Waals surface area contributed by atoms with Crippen LogP contribution < -0.4 is 15.0 Å². The van der Waals surface area contributed by atoms with Gasteiger partial charge in [-0.15, -0.1) is 0 Å². The molecule has 2 amide bonds. The highest BCUT2D eigenvalue weighted by Crippen LogP contribution is 2.37. The summed E-state index contributed by atoms with van der Waals surface area (Å²) in [5.74, 6) is 0.271. The van der Waals surface area contributed by atoms with Crippen LogP contribution in [0, 0.1) is 0 Å². The van der Waals surface area contributed by atoms with Crippen molar-refractivity contribution in [2.75, 3.05) is 10.2 Å². The van der Waals surface area contributed by atoms with Crippen LogP contribution in [0.3, 0.4) is 0 Å². The molecule has 0 aromatic heterocycles. The molecule has 1 atom stereocenters. The van der Waals surface area contributed by atoms with E-state index in [1.54, 1.807) is 42.2 Å². The first kappa shape index (κ1) is 19.2. The zero-order chi connectivity index (χ0) is 20.4. The Kier molecular flexibility index (Phi) is 5.36. The number of carbonyl (C=O) groups is 2. The fourth-order valence-electron chi connectivity index (χ4n) is 3.22. The van der Waals surface area contributed by atoms with Gasteiger partial charge in [-0.25, -0.2) is 0 Å². The quantitative estimate of drug-likeness (QED) is 0.607. The fraction of sp³-hybridized carbons (Fsp3) is 0.130. The number of nitrogens with zero attached hydrogens (tertiary/aromatic N) is 1. The van der Waals surface area contributed by atoms with Gasteiger partial charge in [0.2, 0.25) is 0 Å². The van der Waals surface area contributed by atoms with E-state index in [0.717, 1.165) is 10.0 Å². The van der Waals surface area contributed by atoms with E-state index in [1.807, 2.05) is 42.5 Å². The number of ether oxygens (including phenoxy) is 1. The van der Waals surface area contributed by atoms with Crippen molar-refractivity contribution >= 4 is 39.1 Å². The normalized spacial score (nSPS) is 15.4. The maximum Gasteiger partial charge on any atom is 0.268 e. The summed E-state index contributed by atoms with van der Waals surface area (Å²) in [5, 5.41) is 2.88. The molecule has 0 spiro atoms. The molecule has 4 rings (SSSR count). The first-order valence-corrected chi connectivity index (χ1v) is 10.0. The second-order valence-electron chi connectivity index (χ2n) is 6.81. The van der Waals surface area contributed by atoms with Gasteiger partial charge in [0.15, 0.2) is 6.10 Å². The van der Waals surface area contributed by atoms with Crippen molar-refractivity contribution in [3.8, 4) is 5.75 Å². The van der Waals surface area contributed by atoms with Crippen LogP contribution in [0.2, 0.25) is 0 Å². The van der Waals surface area contributed by atoms with Gasteiger partial charge in [-0.1, -0.05) is 46.3 Å². The lowest BCUT2D eigenvalue weighted by Crippen LogP contribution is -2.44. The number of benzene rings is 3. The van der Waals surface area contributed by atoms with Crippen molar-refractivity contribution in [3.05, 3.63) is 88.4 Å². The summed E-state index contributed by atoms with van der Waals surface area (Å²) in [6.07, 6.45) is -0.594. The molecule has 1 unspecified atom stereocenters. The molecule has 6 heteroatoms. The van der Waals surface area contributed by atoms with Crippen molar-refractivity contribution in [1.82, 2.24) is 0 Å². The summed E-state index contributed by atoms with van der Waals surface area (Å²) in [4.78, 5) is 26.9. The predicted molar refractivity (Wildman–Crippen MR) is 116 cm³/mol. The van der Waals surface area contributed by atoms with Crippen LogP contribution in [0.1, 0.15) is 22.8 Å². The van der Waals surface area contributed by atoms with Gasteiger partial charge in [-0.05, 0) is 48.9 Å². The van der Waals surface area contributed by atoms with E-state index in [9.17, 15) is 9.59 Å². The molecule has 3 aromatic carbocycles. The second-order valence-corrected chi connectivity index (χ2v) is 7.73. The molecule has 0 bridgehead atoms. The summed E-state index contributed by atoms with van der Waals surface area (Å²) < 4.78 is 6.72. The molecule has 0 fully saturated rings. The summed E-state index contributed by atoms with van der Waals surface area (Å²) in [5.41, 5.74) is 2.89. The minimum absolute atomic E-state index is 0.0898. The number of hydrogen-bond donors (Lipinski definition) is 1. The lowest BCUT2D eigenvalue weighted by molar-refractivity contribution is -0.125. The molecule has 1 aliphatic rings. The van der Waals surface area contributed by atoms with E-state index < -0.39 is 6.10 Å². The maximum atomic E-state index is 12.7. The molecule has 5 nitrogen and oxygen atoms in total. The summed E-state index contributed by atoms with van der Waals surface area (Å²) >= 11 is 3.36. The molecule has 1 N–H and O–H groups in total. The van der Waals surface area contributed by atoms with E-state index in [4.69, 9.17) is 4.74 Å². The fourth-order valence-corrected chi connectivity index (χ4v) is 3.49. The average Bonchev–Trinajstić information content (AvgIpc) is 2.72. The predicted octanol–water partition coefficient (Wildman–Crippen LogP) is 5.02. The van der Waals surface area contributed by atoms with Crippen LogP contribution in [0.4, 0.5) is 11.4 Å². The number of halogens is 1. The molecule has 0 aliphatic carbocycles. The van der Waals surface area contributed by atoms with E-state index in [1.165, 1.54) is 0 Å². The lowest BCUT2D eigenvalue weighted by atomic mass is 10.1. The maximum absolute atomic E-state index is 12.7. The monoisotopic (exact) mass is 450 g/mol. The highest BCUT2D eigenvalue weighted by molar-refractivity contribution is 9.10. The van der Waals surface area contributed by atoms with Gasteiger partial charge < -0.3 is 15.0 Å². The highest BCUT2D eigenvalue weighted by Gasteiger charge is 2.31. The van der Waals surface area contributed by atoms with Crippen LogP contribution in [0.25, 0.3) is 0 Å². The molecule has 1 heterocycles. The number of fused-ring (bicyclic) bond motifs is 1. The largest absolute Gasteiger partial charge is 0.479 e. The van der Waals surface area contributed by atoms with Gasteiger partial charge in [-0.2, -0.15) is 0 Å². The number of amides is 2. The van der Waals surface area contributed by atoms with E-state index in [2.05, 4.69) is 21.2 Å². The average molecular weight is 451 g/mol.